The number of halogens is 1. The predicted molar refractivity (Wildman–Crippen MR) is 55.6 cm³/mol. The highest BCUT2D eigenvalue weighted by atomic mass is 35.5. The van der Waals surface area contributed by atoms with E-state index in [1.54, 1.807) is 6.07 Å². The Bertz CT molecular complexity index is 304. The van der Waals surface area contributed by atoms with Gasteiger partial charge in [0.25, 0.3) is 0 Å². The normalized spacial score (nSPS) is 12.6. The van der Waals surface area contributed by atoms with Crippen LogP contribution in [-0.4, -0.2) is 16.2 Å². The Morgan fingerprint density at radius 2 is 2.36 bits per heavy atom. The standard InChI is InChI=1S/C10H14ClNO2/c1-3-7(2)14-10-4-8(6-13)9(11)5-12-10/h4-5,7,13H,3,6H2,1-2H3. The van der Waals surface area contributed by atoms with Crippen LogP contribution in [0.15, 0.2) is 12.3 Å². The summed E-state index contributed by atoms with van der Waals surface area (Å²) in [4.78, 5) is 4.01. The van der Waals surface area contributed by atoms with Crippen LogP contribution in [0.1, 0.15) is 25.8 Å². The largest absolute Gasteiger partial charge is 0.475 e. The second-order valence-corrected chi connectivity index (χ2v) is 3.52. The van der Waals surface area contributed by atoms with Crippen molar-refractivity contribution in [2.45, 2.75) is 33.0 Å². The molecule has 0 aromatic carbocycles. The van der Waals surface area contributed by atoms with Gasteiger partial charge in [-0.25, -0.2) is 4.98 Å². The van der Waals surface area contributed by atoms with Crippen LogP contribution in [0.4, 0.5) is 0 Å². The van der Waals surface area contributed by atoms with Crippen molar-refractivity contribution < 1.29 is 9.84 Å². The van der Waals surface area contributed by atoms with Crippen molar-refractivity contribution in [3.05, 3.63) is 22.8 Å². The molecule has 4 heteroatoms. The fraction of sp³-hybridized carbons (Fsp3) is 0.500. The van der Waals surface area contributed by atoms with E-state index in [0.717, 1.165) is 6.42 Å². The third-order valence-corrected chi connectivity index (χ3v) is 2.32. The van der Waals surface area contributed by atoms with Crippen LogP contribution in [0.25, 0.3) is 0 Å². The van der Waals surface area contributed by atoms with Gasteiger partial charge in [0, 0.05) is 17.8 Å². The molecule has 0 fully saturated rings. The van der Waals surface area contributed by atoms with E-state index in [1.165, 1.54) is 6.20 Å². The van der Waals surface area contributed by atoms with E-state index in [2.05, 4.69) is 4.98 Å². The summed E-state index contributed by atoms with van der Waals surface area (Å²) in [6, 6.07) is 1.66. The van der Waals surface area contributed by atoms with Crippen LogP contribution in [0.3, 0.4) is 0 Å². The minimum atomic E-state index is -0.0990. The van der Waals surface area contributed by atoms with Crippen molar-refractivity contribution >= 4 is 11.6 Å². The van der Waals surface area contributed by atoms with Gasteiger partial charge in [-0.15, -0.1) is 0 Å². The van der Waals surface area contributed by atoms with E-state index in [9.17, 15) is 0 Å². The number of aromatic nitrogens is 1. The average molecular weight is 216 g/mol. The SMILES string of the molecule is CCC(C)Oc1cc(CO)c(Cl)cn1. The number of ether oxygens (including phenoxy) is 1. The van der Waals surface area contributed by atoms with Gasteiger partial charge in [0.2, 0.25) is 5.88 Å². The molecule has 1 heterocycles. The molecule has 1 aromatic heterocycles. The fourth-order valence-corrected chi connectivity index (χ4v) is 1.10. The van der Waals surface area contributed by atoms with Crippen molar-refractivity contribution in [2.24, 2.45) is 0 Å². The molecule has 1 rings (SSSR count). The number of pyridine rings is 1. The number of aliphatic hydroxyl groups is 1. The van der Waals surface area contributed by atoms with E-state index in [-0.39, 0.29) is 12.7 Å². The maximum atomic E-state index is 8.97. The Balaban J connectivity index is 2.79. The summed E-state index contributed by atoms with van der Waals surface area (Å²) >= 11 is 5.79. The zero-order valence-electron chi connectivity index (χ0n) is 8.33. The summed E-state index contributed by atoms with van der Waals surface area (Å²) in [7, 11) is 0. The second kappa shape index (κ2) is 5.17. The molecule has 0 aliphatic carbocycles. The van der Waals surface area contributed by atoms with Crippen molar-refractivity contribution in [2.75, 3.05) is 0 Å². The lowest BCUT2D eigenvalue weighted by molar-refractivity contribution is 0.207. The molecule has 0 bridgehead atoms. The molecule has 0 aliphatic heterocycles. The van der Waals surface area contributed by atoms with Gasteiger partial charge in [-0.05, 0) is 13.3 Å². The molecule has 0 saturated carbocycles. The Labute approximate surface area is 88.7 Å². The number of hydrogen-bond donors (Lipinski definition) is 1. The summed E-state index contributed by atoms with van der Waals surface area (Å²) in [5, 5.41) is 9.43. The zero-order chi connectivity index (χ0) is 10.6. The Hall–Kier alpha value is -0.800. The van der Waals surface area contributed by atoms with Gasteiger partial charge in [-0.1, -0.05) is 18.5 Å². The van der Waals surface area contributed by atoms with Crippen LogP contribution in [0.5, 0.6) is 5.88 Å². The maximum absolute atomic E-state index is 8.97. The van der Waals surface area contributed by atoms with Crippen molar-refractivity contribution in [3.8, 4) is 5.88 Å². The average Bonchev–Trinajstić information content (AvgIpc) is 2.20. The van der Waals surface area contributed by atoms with E-state index in [0.29, 0.717) is 16.5 Å². The van der Waals surface area contributed by atoms with E-state index >= 15 is 0 Å². The van der Waals surface area contributed by atoms with Gasteiger partial charge >= 0.3 is 0 Å². The smallest absolute Gasteiger partial charge is 0.213 e. The van der Waals surface area contributed by atoms with Crippen molar-refractivity contribution in [1.82, 2.24) is 4.98 Å². The summed E-state index contributed by atoms with van der Waals surface area (Å²) in [6.07, 6.45) is 2.53. The van der Waals surface area contributed by atoms with Gasteiger partial charge in [0.05, 0.1) is 17.7 Å². The number of rotatable bonds is 4. The van der Waals surface area contributed by atoms with Crippen molar-refractivity contribution in [1.29, 1.82) is 0 Å². The Kier molecular flexibility index (Phi) is 4.17. The first-order chi connectivity index (χ1) is 6.67. The molecular formula is C10H14ClNO2. The second-order valence-electron chi connectivity index (χ2n) is 3.11. The van der Waals surface area contributed by atoms with Crippen LogP contribution in [0, 0.1) is 0 Å². The molecule has 0 saturated heterocycles. The number of hydrogen-bond acceptors (Lipinski definition) is 3. The first-order valence-electron chi connectivity index (χ1n) is 4.59. The number of aliphatic hydroxyl groups excluding tert-OH is 1. The van der Waals surface area contributed by atoms with Crippen LogP contribution >= 0.6 is 11.6 Å². The molecule has 0 spiro atoms. The fourth-order valence-electron chi connectivity index (χ4n) is 0.934. The lowest BCUT2D eigenvalue weighted by Gasteiger charge is -2.12. The number of nitrogens with zero attached hydrogens (tertiary/aromatic N) is 1. The maximum Gasteiger partial charge on any atom is 0.213 e. The third-order valence-electron chi connectivity index (χ3n) is 1.98. The summed E-state index contributed by atoms with van der Waals surface area (Å²) in [6.45, 7) is 3.90. The van der Waals surface area contributed by atoms with Crippen molar-refractivity contribution in [3.63, 3.8) is 0 Å². The predicted octanol–water partition coefficient (Wildman–Crippen LogP) is 2.40. The Morgan fingerprint density at radius 3 is 2.93 bits per heavy atom. The van der Waals surface area contributed by atoms with Crippen LogP contribution < -0.4 is 4.74 Å². The van der Waals surface area contributed by atoms with E-state index < -0.39 is 0 Å². The minimum Gasteiger partial charge on any atom is -0.475 e. The lowest BCUT2D eigenvalue weighted by Crippen LogP contribution is -2.10. The first-order valence-corrected chi connectivity index (χ1v) is 4.97. The van der Waals surface area contributed by atoms with E-state index in [4.69, 9.17) is 21.4 Å². The van der Waals surface area contributed by atoms with Crippen LogP contribution in [-0.2, 0) is 6.61 Å². The topological polar surface area (TPSA) is 42.4 Å². The summed E-state index contributed by atoms with van der Waals surface area (Å²) in [5.74, 6) is 0.507. The molecule has 14 heavy (non-hydrogen) atoms. The molecule has 78 valence electrons. The van der Waals surface area contributed by atoms with Gasteiger partial charge in [0.15, 0.2) is 0 Å². The van der Waals surface area contributed by atoms with Gasteiger partial charge in [0.1, 0.15) is 0 Å². The zero-order valence-corrected chi connectivity index (χ0v) is 9.08. The Morgan fingerprint density at radius 1 is 1.64 bits per heavy atom. The summed E-state index contributed by atoms with van der Waals surface area (Å²) in [5.41, 5.74) is 0.639. The molecule has 0 aliphatic rings. The molecule has 0 amide bonds. The van der Waals surface area contributed by atoms with Gasteiger partial charge < -0.3 is 9.84 Å². The molecule has 1 atom stereocenters. The van der Waals surface area contributed by atoms with Gasteiger partial charge in [-0.2, -0.15) is 0 Å². The van der Waals surface area contributed by atoms with E-state index in [1.807, 2.05) is 13.8 Å². The van der Waals surface area contributed by atoms with Crippen LogP contribution in [0.2, 0.25) is 5.02 Å². The molecule has 0 radical (unpaired) electrons. The monoisotopic (exact) mass is 215 g/mol. The quantitative estimate of drug-likeness (QED) is 0.839. The molecule has 1 aromatic rings. The molecule has 1 unspecified atom stereocenters. The highest BCUT2D eigenvalue weighted by Crippen LogP contribution is 2.20. The summed E-state index contributed by atoms with van der Waals surface area (Å²) < 4.78 is 5.48. The molecule has 3 nitrogen and oxygen atoms in total. The highest BCUT2D eigenvalue weighted by molar-refractivity contribution is 6.31. The molecule has 1 N–H and O–H groups in total. The highest BCUT2D eigenvalue weighted by Gasteiger charge is 2.05. The third kappa shape index (κ3) is 2.86. The lowest BCUT2D eigenvalue weighted by atomic mass is 10.3. The molecular weight excluding hydrogens is 202 g/mol. The van der Waals surface area contributed by atoms with Gasteiger partial charge in [-0.3, -0.25) is 0 Å². The first kappa shape index (κ1) is 11.3. The minimum absolute atomic E-state index is 0.0990.